The lowest BCUT2D eigenvalue weighted by molar-refractivity contribution is 0.625. The van der Waals surface area contributed by atoms with Crippen LogP contribution in [0.1, 0.15) is 17.6 Å². The zero-order chi connectivity index (χ0) is 12.3. The predicted octanol–water partition coefficient (Wildman–Crippen LogP) is 3.72. The van der Waals surface area contributed by atoms with Crippen molar-refractivity contribution in [3.63, 3.8) is 0 Å². The van der Waals surface area contributed by atoms with E-state index in [9.17, 15) is 4.39 Å². The molecule has 2 nitrogen and oxygen atoms in total. The molecular weight excluding hydrogens is 255 g/mol. The maximum Gasteiger partial charge on any atom is 0.126 e. The Balaban J connectivity index is 2.01. The van der Waals surface area contributed by atoms with Gasteiger partial charge in [0.15, 0.2) is 0 Å². The number of thiazole rings is 1. The summed E-state index contributed by atoms with van der Waals surface area (Å²) in [5.74, 6) is 0.458. The number of hydrogen-bond donors (Lipinski definition) is 1. The van der Waals surface area contributed by atoms with Crippen molar-refractivity contribution < 1.29 is 4.39 Å². The van der Waals surface area contributed by atoms with E-state index in [4.69, 9.17) is 5.73 Å². The van der Waals surface area contributed by atoms with Gasteiger partial charge in [-0.05, 0) is 24.6 Å². The van der Waals surface area contributed by atoms with Gasteiger partial charge in [0.05, 0.1) is 10.7 Å². The van der Waals surface area contributed by atoms with E-state index in [1.54, 1.807) is 29.2 Å². The molecule has 0 unspecified atom stereocenters. The summed E-state index contributed by atoms with van der Waals surface area (Å²) in [5, 5.41) is 3.19. The number of anilines is 1. The molecule has 2 N–H and O–H groups in total. The molecule has 0 amide bonds. The minimum atomic E-state index is -0.292. The standard InChI is InChI=1S/C12H13FN2S2/c1-2-12-15-10(7-17-12)6-16-11-4-8(13)3-9(14)5-11/h3-5,7H,2,6,14H2,1H3. The minimum Gasteiger partial charge on any atom is -0.399 e. The quantitative estimate of drug-likeness (QED) is 0.678. The van der Waals surface area contributed by atoms with Crippen LogP contribution in [0.4, 0.5) is 10.1 Å². The van der Waals surface area contributed by atoms with E-state index in [2.05, 4.69) is 17.3 Å². The second-order valence-corrected chi connectivity index (χ2v) is 5.59. The lowest BCUT2D eigenvalue weighted by Crippen LogP contribution is -1.88. The number of thioether (sulfide) groups is 1. The smallest absolute Gasteiger partial charge is 0.126 e. The Hall–Kier alpha value is -1.07. The predicted molar refractivity (Wildman–Crippen MR) is 71.9 cm³/mol. The first-order valence-corrected chi connectivity index (χ1v) is 7.16. The third kappa shape index (κ3) is 3.44. The van der Waals surface area contributed by atoms with E-state index in [1.165, 1.54) is 12.1 Å². The first kappa shape index (κ1) is 12.4. The summed E-state index contributed by atoms with van der Waals surface area (Å²) in [6, 6.07) is 4.59. The van der Waals surface area contributed by atoms with Gasteiger partial charge in [0.25, 0.3) is 0 Å². The zero-order valence-corrected chi connectivity index (χ0v) is 11.1. The Morgan fingerprint density at radius 1 is 1.41 bits per heavy atom. The number of aromatic nitrogens is 1. The molecule has 0 aliphatic carbocycles. The highest BCUT2D eigenvalue weighted by atomic mass is 32.2. The number of benzene rings is 1. The topological polar surface area (TPSA) is 38.9 Å². The lowest BCUT2D eigenvalue weighted by Gasteiger charge is -2.01. The monoisotopic (exact) mass is 268 g/mol. The second kappa shape index (κ2) is 5.51. The van der Waals surface area contributed by atoms with Crippen molar-refractivity contribution in [1.82, 2.24) is 4.98 Å². The second-order valence-electron chi connectivity index (χ2n) is 3.60. The summed E-state index contributed by atoms with van der Waals surface area (Å²) in [6.45, 7) is 2.09. The summed E-state index contributed by atoms with van der Waals surface area (Å²) in [4.78, 5) is 5.30. The normalized spacial score (nSPS) is 10.7. The van der Waals surface area contributed by atoms with E-state index in [0.717, 1.165) is 27.8 Å². The van der Waals surface area contributed by atoms with Gasteiger partial charge in [-0.3, -0.25) is 0 Å². The molecule has 0 bridgehead atoms. The van der Waals surface area contributed by atoms with Crippen LogP contribution in [0.5, 0.6) is 0 Å². The first-order valence-electron chi connectivity index (χ1n) is 5.29. The van der Waals surface area contributed by atoms with Crippen molar-refractivity contribution in [2.45, 2.75) is 24.0 Å². The third-order valence-corrected chi connectivity index (χ3v) is 4.23. The molecule has 1 aromatic heterocycles. The van der Waals surface area contributed by atoms with E-state index in [-0.39, 0.29) is 5.82 Å². The van der Waals surface area contributed by atoms with Crippen LogP contribution in [0.2, 0.25) is 0 Å². The average molecular weight is 268 g/mol. The van der Waals surface area contributed by atoms with Crippen LogP contribution in [0, 0.1) is 5.82 Å². The van der Waals surface area contributed by atoms with E-state index in [1.807, 2.05) is 0 Å². The van der Waals surface area contributed by atoms with Gasteiger partial charge in [-0.1, -0.05) is 6.92 Å². The Kier molecular flexibility index (Phi) is 4.02. The SMILES string of the molecule is CCc1nc(CSc2cc(N)cc(F)c2)cs1. The van der Waals surface area contributed by atoms with Gasteiger partial charge in [0.1, 0.15) is 5.82 Å². The van der Waals surface area contributed by atoms with Gasteiger partial charge in [-0.25, -0.2) is 9.37 Å². The number of halogens is 1. The summed E-state index contributed by atoms with van der Waals surface area (Å²) < 4.78 is 13.1. The van der Waals surface area contributed by atoms with Gasteiger partial charge in [-0.15, -0.1) is 23.1 Å². The molecular formula is C12H13FN2S2. The van der Waals surface area contributed by atoms with Crippen LogP contribution in [0.3, 0.4) is 0 Å². The van der Waals surface area contributed by atoms with Gasteiger partial charge in [0.2, 0.25) is 0 Å². The number of nitrogens with zero attached hydrogens (tertiary/aromatic N) is 1. The molecule has 0 radical (unpaired) electrons. The number of hydrogen-bond acceptors (Lipinski definition) is 4. The largest absolute Gasteiger partial charge is 0.399 e. The Morgan fingerprint density at radius 2 is 2.24 bits per heavy atom. The molecule has 0 aliphatic heterocycles. The molecule has 0 spiro atoms. The van der Waals surface area contributed by atoms with Crippen LogP contribution < -0.4 is 5.73 Å². The number of rotatable bonds is 4. The van der Waals surface area contributed by atoms with Crippen molar-refractivity contribution in [2.24, 2.45) is 0 Å². The number of aryl methyl sites for hydroxylation is 1. The van der Waals surface area contributed by atoms with Crippen LogP contribution in [0.25, 0.3) is 0 Å². The number of nitrogen functional groups attached to an aromatic ring is 1. The van der Waals surface area contributed by atoms with Gasteiger partial charge in [0, 0.05) is 21.7 Å². The minimum absolute atomic E-state index is 0.292. The van der Waals surface area contributed by atoms with Crippen molar-refractivity contribution >= 4 is 28.8 Å². The molecule has 0 fully saturated rings. The fraction of sp³-hybridized carbons (Fsp3) is 0.250. The molecule has 1 heterocycles. The molecule has 1 aromatic carbocycles. The van der Waals surface area contributed by atoms with E-state index in [0.29, 0.717) is 5.69 Å². The Morgan fingerprint density at radius 3 is 2.88 bits per heavy atom. The number of nitrogens with two attached hydrogens (primary N) is 1. The highest BCUT2D eigenvalue weighted by Crippen LogP contribution is 2.26. The first-order chi connectivity index (χ1) is 8.17. The fourth-order valence-corrected chi connectivity index (χ4v) is 3.13. The van der Waals surface area contributed by atoms with Crippen LogP contribution in [-0.2, 0) is 12.2 Å². The maximum absolute atomic E-state index is 13.1. The Labute approximate surface area is 108 Å². The summed E-state index contributed by atoms with van der Waals surface area (Å²) in [6.07, 6.45) is 0.961. The van der Waals surface area contributed by atoms with Gasteiger partial charge in [-0.2, -0.15) is 0 Å². The Bertz CT molecular complexity index is 491. The molecule has 2 rings (SSSR count). The van der Waals surface area contributed by atoms with Crippen LogP contribution in [0.15, 0.2) is 28.5 Å². The summed E-state index contributed by atoms with van der Waals surface area (Å²) in [7, 11) is 0. The zero-order valence-electron chi connectivity index (χ0n) is 9.44. The molecule has 0 saturated carbocycles. The molecule has 0 atom stereocenters. The molecule has 90 valence electrons. The third-order valence-electron chi connectivity index (χ3n) is 2.18. The maximum atomic E-state index is 13.1. The summed E-state index contributed by atoms with van der Waals surface area (Å²) >= 11 is 3.22. The highest BCUT2D eigenvalue weighted by Gasteiger charge is 2.03. The molecule has 17 heavy (non-hydrogen) atoms. The lowest BCUT2D eigenvalue weighted by atomic mass is 10.3. The average Bonchev–Trinajstić information content (AvgIpc) is 2.73. The van der Waals surface area contributed by atoms with E-state index >= 15 is 0 Å². The van der Waals surface area contributed by atoms with E-state index < -0.39 is 0 Å². The van der Waals surface area contributed by atoms with Crippen molar-refractivity contribution in [1.29, 1.82) is 0 Å². The van der Waals surface area contributed by atoms with Crippen molar-refractivity contribution in [3.8, 4) is 0 Å². The van der Waals surface area contributed by atoms with Gasteiger partial charge < -0.3 is 5.73 Å². The summed E-state index contributed by atoms with van der Waals surface area (Å²) in [5.41, 5.74) is 7.09. The highest BCUT2D eigenvalue weighted by molar-refractivity contribution is 7.98. The van der Waals surface area contributed by atoms with Crippen LogP contribution >= 0.6 is 23.1 Å². The molecule has 0 aliphatic rings. The fourth-order valence-electron chi connectivity index (χ4n) is 1.40. The van der Waals surface area contributed by atoms with Crippen LogP contribution in [-0.4, -0.2) is 4.98 Å². The van der Waals surface area contributed by atoms with Crippen molar-refractivity contribution in [3.05, 3.63) is 40.1 Å². The molecule has 2 aromatic rings. The van der Waals surface area contributed by atoms with Gasteiger partial charge >= 0.3 is 0 Å². The molecule has 5 heteroatoms. The molecule has 0 saturated heterocycles. The van der Waals surface area contributed by atoms with Crippen molar-refractivity contribution in [2.75, 3.05) is 5.73 Å².